The highest BCUT2D eigenvalue weighted by atomic mass is 19.1. The third-order valence-electron chi connectivity index (χ3n) is 3.27. The fourth-order valence-corrected chi connectivity index (χ4v) is 2.20. The first kappa shape index (κ1) is 12.5. The minimum Gasteiger partial charge on any atom is -0.362 e. The summed E-state index contributed by atoms with van der Waals surface area (Å²) in [6.07, 6.45) is 1.73. The van der Waals surface area contributed by atoms with Crippen molar-refractivity contribution in [2.24, 2.45) is 0 Å². The first-order valence-corrected chi connectivity index (χ1v) is 6.46. The van der Waals surface area contributed by atoms with E-state index in [1.807, 2.05) is 37.3 Å². The lowest BCUT2D eigenvalue weighted by atomic mass is 10.1. The average molecular weight is 267 g/mol. The summed E-state index contributed by atoms with van der Waals surface area (Å²) in [5.74, 6) is 0.472. The van der Waals surface area contributed by atoms with Gasteiger partial charge in [0.25, 0.3) is 0 Å². The Balaban J connectivity index is 1.93. The second kappa shape index (κ2) is 5.25. The Kier molecular flexibility index (Phi) is 3.29. The number of hydrogen-bond donors (Lipinski definition) is 1. The van der Waals surface area contributed by atoms with Crippen molar-refractivity contribution in [1.29, 1.82) is 0 Å². The van der Waals surface area contributed by atoms with Crippen LogP contribution in [0.5, 0.6) is 0 Å². The average Bonchev–Trinajstić information content (AvgIpc) is 2.47. The van der Waals surface area contributed by atoms with Gasteiger partial charge in [-0.2, -0.15) is 5.10 Å². The SMILES string of the molecule is CC(Nc1nncc2ccccc12)c1cccc(F)c1. The fourth-order valence-electron chi connectivity index (χ4n) is 2.20. The minimum absolute atomic E-state index is 0.0502. The van der Waals surface area contributed by atoms with Gasteiger partial charge in [0.15, 0.2) is 5.82 Å². The lowest BCUT2D eigenvalue weighted by Crippen LogP contribution is -2.09. The molecule has 0 saturated carbocycles. The zero-order valence-corrected chi connectivity index (χ0v) is 11.0. The van der Waals surface area contributed by atoms with Crippen molar-refractivity contribution in [3.05, 3.63) is 66.1 Å². The molecule has 0 saturated heterocycles. The predicted octanol–water partition coefficient (Wildman–Crippen LogP) is 3.94. The second-order valence-corrected chi connectivity index (χ2v) is 4.70. The van der Waals surface area contributed by atoms with E-state index in [-0.39, 0.29) is 11.9 Å². The van der Waals surface area contributed by atoms with Crippen molar-refractivity contribution in [2.45, 2.75) is 13.0 Å². The monoisotopic (exact) mass is 267 g/mol. The maximum Gasteiger partial charge on any atom is 0.157 e. The van der Waals surface area contributed by atoms with Gasteiger partial charge < -0.3 is 5.32 Å². The highest BCUT2D eigenvalue weighted by Crippen LogP contribution is 2.24. The van der Waals surface area contributed by atoms with E-state index in [0.717, 1.165) is 16.3 Å². The molecule has 0 fully saturated rings. The van der Waals surface area contributed by atoms with Crippen molar-refractivity contribution in [2.75, 3.05) is 5.32 Å². The number of aromatic nitrogens is 2. The first-order chi connectivity index (χ1) is 9.74. The normalized spacial score (nSPS) is 12.3. The molecule has 3 aromatic rings. The van der Waals surface area contributed by atoms with E-state index in [0.29, 0.717) is 5.82 Å². The van der Waals surface area contributed by atoms with Crippen molar-refractivity contribution in [3.63, 3.8) is 0 Å². The number of benzene rings is 2. The Morgan fingerprint density at radius 2 is 1.95 bits per heavy atom. The zero-order chi connectivity index (χ0) is 13.9. The summed E-state index contributed by atoms with van der Waals surface area (Å²) in [5.41, 5.74) is 0.875. The molecule has 1 N–H and O–H groups in total. The summed E-state index contributed by atoms with van der Waals surface area (Å²) in [7, 11) is 0. The molecular formula is C16H14FN3. The summed E-state index contributed by atoms with van der Waals surface area (Å²) in [6.45, 7) is 1.97. The van der Waals surface area contributed by atoms with Gasteiger partial charge >= 0.3 is 0 Å². The number of fused-ring (bicyclic) bond motifs is 1. The molecule has 4 heteroatoms. The first-order valence-electron chi connectivity index (χ1n) is 6.46. The molecule has 3 rings (SSSR count). The summed E-state index contributed by atoms with van der Waals surface area (Å²) in [4.78, 5) is 0. The lowest BCUT2D eigenvalue weighted by molar-refractivity contribution is 0.623. The van der Waals surface area contributed by atoms with E-state index in [1.54, 1.807) is 12.3 Å². The van der Waals surface area contributed by atoms with E-state index >= 15 is 0 Å². The second-order valence-electron chi connectivity index (χ2n) is 4.70. The van der Waals surface area contributed by atoms with Gasteiger partial charge in [-0.15, -0.1) is 5.10 Å². The third-order valence-corrected chi connectivity index (χ3v) is 3.27. The molecule has 0 aliphatic carbocycles. The molecule has 0 radical (unpaired) electrons. The lowest BCUT2D eigenvalue weighted by Gasteiger charge is -2.15. The molecule has 0 bridgehead atoms. The van der Waals surface area contributed by atoms with Crippen LogP contribution in [-0.2, 0) is 0 Å². The van der Waals surface area contributed by atoms with Crippen LogP contribution in [0.25, 0.3) is 10.8 Å². The molecule has 1 heterocycles. The van der Waals surface area contributed by atoms with Crippen LogP contribution < -0.4 is 5.32 Å². The predicted molar refractivity (Wildman–Crippen MR) is 78.0 cm³/mol. The summed E-state index contributed by atoms with van der Waals surface area (Å²) in [5, 5.41) is 13.4. The molecule has 0 aliphatic rings. The van der Waals surface area contributed by atoms with Gasteiger partial charge in [-0.25, -0.2) is 4.39 Å². The van der Waals surface area contributed by atoms with E-state index in [1.165, 1.54) is 12.1 Å². The quantitative estimate of drug-likeness (QED) is 0.781. The molecule has 0 spiro atoms. The highest BCUT2D eigenvalue weighted by Gasteiger charge is 2.09. The van der Waals surface area contributed by atoms with E-state index in [4.69, 9.17) is 0 Å². The van der Waals surface area contributed by atoms with Gasteiger partial charge in [0.1, 0.15) is 5.82 Å². The molecule has 1 aromatic heterocycles. The van der Waals surface area contributed by atoms with Crippen LogP contribution in [0.2, 0.25) is 0 Å². The largest absolute Gasteiger partial charge is 0.362 e. The van der Waals surface area contributed by atoms with Crippen LogP contribution in [0.15, 0.2) is 54.7 Å². The van der Waals surface area contributed by atoms with Gasteiger partial charge in [-0.3, -0.25) is 0 Å². The Labute approximate surface area is 116 Å². The molecule has 0 amide bonds. The molecule has 2 aromatic carbocycles. The summed E-state index contributed by atoms with van der Waals surface area (Å²) in [6, 6.07) is 14.4. The number of nitrogens with one attached hydrogen (secondary N) is 1. The zero-order valence-electron chi connectivity index (χ0n) is 11.0. The van der Waals surface area contributed by atoms with Crippen molar-refractivity contribution in [1.82, 2.24) is 10.2 Å². The molecule has 100 valence electrons. The number of anilines is 1. The maximum atomic E-state index is 13.3. The number of rotatable bonds is 3. The van der Waals surface area contributed by atoms with E-state index in [2.05, 4.69) is 15.5 Å². The minimum atomic E-state index is -0.236. The molecule has 1 atom stereocenters. The molecule has 3 nitrogen and oxygen atoms in total. The van der Waals surface area contributed by atoms with Crippen LogP contribution in [0.1, 0.15) is 18.5 Å². The summed E-state index contributed by atoms with van der Waals surface area (Å²) < 4.78 is 13.3. The number of nitrogens with zero attached hydrogens (tertiary/aromatic N) is 2. The van der Waals surface area contributed by atoms with Crippen LogP contribution in [0.3, 0.4) is 0 Å². The van der Waals surface area contributed by atoms with Crippen LogP contribution in [0.4, 0.5) is 10.2 Å². The van der Waals surface area contributed by atoms with Gasteiger partial charge in [0, 0.05) is 10.8 Å². The molecule has 20 heavy (non-hydrogen) atoms. The smallest absolute Gasteiger partial charge is 0.157 e. The van der Waals surface area contributed by atoms with Gasteiger partial charge in [0.05, 0.1) is 12.2 Å². The molecule has 0 aliphatic heterocycles. The topological polar surface area (TPSA) is 37.8 Å². The number of hydrogen-bond acceptors (Lipinski definition) is 3. The van der Waals surface area contributed by atoms with Crippen molar-refractivity contribution in [3.8, 4) is 0 Å². The van der Waals surface area contributed by atoms with Crippen LogP contribution in [0, 0.1) is 5.82 Å². The standard InChI is InChI=1S/C16H14FN3/c1-11(12-6-4-7-14(17)9-12)19-16-15-8-3-2-5-13(15)10-18-20-16/h2-11H,1H3,(H,19,20). The molecular weight excluding hydrogens is 253 g/mol. The Bertz CT molecular complexity index is 737. The van der Waals surface area contributed by atoms with E-state index < -0.39 is 0 Å². The fraction of sp³-hybridized carbons (Fsp3) is 0.125. The van der Waals surface area contributed by atoms with Crippen molar-refractivity contribution < 1.29 is 4.39 Å². The Morgan fingerprint density at radius 3 is 2.80 bits per heavy atom. The van der Waals surface area contributed by atoms with Crippen molar-refractivity contribution >= 4 is 16.6 Å². The highest BCUT2D eigenvalue weighted by molar-refractivity contribution is 5.90. The Hall–Kier alpha value is -2.49. The van der Waals surface area contributed by atoms with Gasteiger partial charge in [0.2, 0.25) is 0 Å². The van der Waals surface area contributed by atoms with Gasteiger partial charge in [-0.1, -0.05) is 36.4 Å². The van der Waals surface area contributed by atoms with Gasteiger partial charge in [-0.05, 0) is 24.6 Å². The van der Waals surface area contributed by atoms with Crippen LogP contribution in [-0.4, -0.2) is 10.2 Å². The summed E-state index contributed by atoms with van der Waals surface area (Å²) >= 11 is 0. The maximum absolute atomic E-state index is 13.3. The third kappa shape index (κ3) is 2.45. The molecule has 1 unspecified atom stereocenters. The number of halogens is 1. The Morgan fingerprint density at radius 1 is 1.10 bits per heavy atom. The van der Waals surface area contributed by atoms with Crippen LogP contribution >= 0.6 is 0 Å². The van der Waals surface area contributed by atoms with E-state index in [9.17, 15) is 4.39 Å².